The summed E-state index contributed by atoms with van der Waals surface area (Å²) in [5, 5.41) is 37.7. The zero-order chi connectivity index (χ0) is 50.1. The van der Waals surface area contributed by atoms with Crippen LogP contribution in [0.1, 0.15) is 185 Å². The van der Waals surface area contributed by atoms with Crippen molar-refractivity contribution in [1.29, 1.82) is 0 Å². The molecule has 0 bridgehead atoms. The highest BCUT2D eigenvalue weighted by molar-refractivity contribution is 6.03. The van der Waals surface area contributed by atoms with E-state index in [0.717, 1.165) is 88.2 Å². The number of aliphatic hydroxyl groups excluding tert-OH is 3. The number of nitrogens with zero attached hydrogens (tertiary/aromatic N) is 2. The normalized spacial score (nSPS) is 25.5. The van der Waals surface area contributed by atoms with Gasteiger partial charge < -0.3 is 54.1 Å². The van der Waals surface area contributed by atoms with E-state index in [4.69, 9.17) is 33.7 Å². The Morgan fingerprint density at radius 1 is 0.873 bits per heavy atom. The van der Waals surface area contributed by atoms with Crippen LogP contribution in [0.25, 0.3) is 0 Å². The van der Waals surface area contributed by atoms with Gasteiger partial charge in [-0.15, -0.1) is 6.58 Å². The molecule has 0 aromatic heterocycles. The second-order valence-corrected chi connectivity index (χ2v) is 20.8. The Morgan fingerprint density at radius 2 is 1.61 bits per heavy atom. The Labute approximate surface area is 425 Å². The molecule has 14 nitrogen and oxygen atoms in total. The van der Waals surface area contributed by atoms with E-state index in [0.29, 0.717) is 62.0 Å². The van der Waals surface area contributed by atoms with Crippen molar-refractivity contribution in [3.8, 4) is 11.5 Å². The fourth-order valence-corrected chi connectivity index (χ4v) is 12.1. The molecule has 2 heterocycles. The van der Waals surface area contributed by atoms with Crippen molar-refractivity contribution in [2.75, 3.05) is 59.3 Å². The number of benzene rings is 1. The van der Waals surface area contributed by atoms with Gasteiger partial charge in [-0.05, 0) is 92.9 Å². The number of nitrogens with one attached hydrogen (secondary N) is 1. The molecule has 2 aliphatic heterocycles. The molecule has 1 aromatic carbocycles. The molecular weight excluding hydrogens is 903 g/mol. The maximum atomic E-state index is 15.0. The lowest BCUT2D eigenvalue weighted by Gasteiger charge is -2.60. The lowest BCUT2D eigenvalue weighted by atomic mass is 9.55. The lowest BCUT2D eigenvalue weighted by Crippen LogP contribution is -2.70. The van der Waals surface area contributed by atoms with E-state index in [-0.39, 0.29) is 76.3 Å². The maximum Gasteiger partial charge on any atom is 0.412 e. The Hall–Kier alpha value is -3.53. The monoisotopic (exact) mass is 994 g/mol. The van der Waals surface area contributed by atoms with Crippen LogP contribution in [-0.2, 0) is 23.8 Å². The van der Waals surface area contributed by atoms with E-state index >= 15 is 4.79 Å². The molecule has 7 atom stereocenters. The predicted octanol–water partition coefficient (Wildman–Crippen LogP) is 10.7. The topological polar surface area (TPSA) is 178 Å². The van der Waals surface area contributed by atoms with Gasteiger partial charge in [-0.2, -0.15) is 0 Å². The zero-order valence-electron chi connectivity index (χ0n) is 43.4. The first kappa shape index (κ1) is 56.8. The fourth-order valence-electron chi connectivity index (χ4n) is 12.1. The van der Waals surface area contributed by atoms with Crippen LogP contribution in [0.2, 0.25) is 0 Å². The van der Waals surface area contributed by atoms with E-state index in [2.05, 4.69) is 24.9 Å². The Balaban J connectivity index is 1.39. The van der Waals surface area contributed by atoms with E-state index in [1.54, 1.807) is 12.1 Å². The number of carbonyl (C=O) groups is 2. The minimum atomic E-state index is -1.43. The first-order chi connectivity index (χ1) is 34.9. The van der Waals surface area contributed by atoms with Gasteiger partial charge in [-0.1, -0.05) is 121 Å². The number of ether oxygens (including phenoxy) is 5. The number of fused-ring (bicyclic) bond motifs is 2. The number of unbranched alkanes of at least 4 members (excludes halogenated alkanes) is 11. The summed E-state index contributed by atoms with van der Waals surface area (Å²) in [6.45, 7) is 8.21. The second-order valence-electron chi connectivity index (χ2n) is 20.8. The number of aliphatic hydroxyl groups is 3. The average Bonchev–Trinajstić information content (AvgIpc) is 3.92. The molecular formula is C57H91N3O11. The number of allylic oxidation sites excluding steroid dienone is 1. The molecule has 4 N–H and O–H groups in total. The zero-order valence-corrected chi connectivity index (χ0v) is 43.4. The maximum absolute atomic E-state index is 15.0. The number of oxime groups is 1. The minimum absolute atomic E-state index is 0.00534. The molecule has 2 saturated carbocycles. The largest absolute Gasteiger partial charge is 0.459 e. The molecule has 71 heavy (non-hydrogen) atoms. The SMILES string of the molecule is C=CCO[C@@]12Oc3ccc(OC(=O)NCCCCCCCCCCCC)cc3[C@H]3[C@H](CCCCO)[C@@H](CCCCO)C=C(C(=NOC4CCCCO4)C[C@@H]1N(CCOCCO)C(=O)CCC1CCCC1)[C@H]32. The van der Waals surface area contributed by atoms with Gasteiger partial charge >= 0.3 is 6.09 Å². The average molecular weight is 994 g/mol. The van der Waals surface area contributed by atoms with Crippen LogP contribution in [0.3, 0.4) is 0 Å². The van der Waals surface area contributed by atoms with Gasteiger partial charge in [0.1, 0.15) is 17.5 Å². The van der Waals surface area contributed by atoms with Crippen molar-refractivity contribution in [3.05, 3.63) is 48.1 Å². The number of hydrogen-bond acceptors (Lipinski definition) is 12. The molecule has 5 aliphatic rings. The van der Waals surface area contributed by atoms with Gasteiger partial charge in [0, 0.05) is 57.0 Å². The van der Waals surface area contributed by atoms with Crippen LogP contribution in [-0.4, -0.2) is 115 Å². The summed E-state index contributed by atoms with van der Waals surface area (Å²) in [4.78, 5) is 36.7. The fraction of sp³-hybridized carbons (Fsp3) is 0.772. The van der Waals surface area contributed by atoms with Crippen LogP contribution in [0.5, 0.6) is 11.5 Å². The Bertz CT molecular complexity index is 1800. The molecule has 2 amide bonds. The third-order valence-corrected chi connectivity index (χ3v) is 15.7. The van der Waals surface area contributed by atoms with Crippen molar-refractivity contribution in [3.63, 3.8) is 0 Å². The van der Waals surface area contributed by atoms with Gasteiger partial charge in [0.15, 0.2) is 0 Å². The summed E-state index contributed by atoms with van der Waals surface area (Å²) in [5.41, 5.74) is 2.51. The van der Waals surface area contributed by atoms with Gasteiger partial charge in [0.25, 0.3) is 0 Å². The second kappa shape index (κ2) is 31.3. The first-order valence-electron chi connectivity index (χ1n) is 28.2. The van der Waals surface area contributed by atoms with Crippen LogP contribution in [0, 0.1) is 23.7 Å². The molecule has 1 unspecified atom stereocenters. The number of hydrogen-bond donors (Lipinski definition) is 4. The molecule has 1 aromatic rings. The highest BCUT2D eigenvalue weighted by atomic mass is 16.8. The van der Waals surface area contributed by atoms with Crippen molar-refractivity contribution >= 4 is 17.7 Å². The van der Waals surface area contributed by atoms with Crippen LogP contribution in [0.15, 0.2) is 47.7 Å². The van der Waals surface area contributed by atoms with Crippen molar-refractivity contribution in [2.24, 2.45) is 28.8 Å². The number of carbonyl (C=O) groups excluding carboxylic acids is 2. The Kier molecular flexibility index (Phi) is 25.0. The number of rotatable bonds is 34. The molecule has 6 rings (SSSR count). The molecule has 0 spiro atoms. The molecule has 14 heteroatoms. The van der Waals surface area contributed by atoms with Gasteiger partial charge in [0.05, 0.1) is 44.7 Å². The van der Waals surface area contributed by atoms with Crippen LogP contribution < -0.4 is 14.8 Å². The smallest absolute Gasteiger partial charge is 0.412 e. The summed E-state index contributed by atoms with van der Waals surface area (Å²) in [7, 11) is 0. The third-order valence-electron chi connectivity index (χ3n) is 15.7. The quantitative estimate of drug-likeness (QED) is 0.0293. The summed E-state index contributed by atoms with van der Waals surface area (Å²) < 4.78 is 32.6. The molecule has 3 aliphatic carbocycles. The summed E-state index contributed by atoms with van der Waals surface area (Å²) >= 11 is 0. The van der Waals surface area contributed by atoms with Crippen molar-refractivity contribution in [1.82, 2.24) is 10.2 Å². The van der Waals surface area contributed by atoms with Crippen LogP contribution in [0.4, 0.5) is 4.79 Å². The van der Waals surface area contributed by atoms with Gasteiger partial charge in [0.2, 0.25) is 18.0 Å². The lowest BCUT2D eigenvalue weighted by molar-refractivity contribution is -0.258. The predicted molar refractivity (Wildman–Crippen MR) is 276 cm³/mol. The number of amides is 2. The summed E-state index contributed by atoms with van der Waals surface area (Å²) in [5.74, 6) is -0.710. The molecule has 3 fully saturated rings. The standard InChI is InChI=1S/C57H91N3O11/c1-3-5-6-7-8-9-10-11-12-18-31-58-56(65)69-45-28-29-50-48(41-45)54-46(25-16-20-34-62)44(24-15-19-33-61)40-47-49(59-71-53-26-17-21-37-67-53)42-51(57(70-50,55(47)54)68-36-4-2)60(32-38-66-39-35-63)52(64)30-27-43-22-13-14-23-43/h4,28-29,40-41,43-44,46,51,53-55,61-63H,2-3,5-27,30-39,42H2,1H3,(H,58,65)/t44-,46+,51-,53?,54+,55+,57+/m0/s1. The van der Waals surface area contributed by atoms with Gasteiger partial charge in [-0.25, -0.2) is 4.79 Å². The first-order valence-corrected chi connectivity index (χ1v) is 28.2. The van der Waals surface area contributed by atoms with Crippen molar-refractivity contribution < 1.29 is 53.4 Å². The molecule has 1 saturated heterocycles. The minimum Gasteiger partial charge on any atom is -0.459 e. The van der Waals surface area contributed by atoms with E-state index in [1.165, 1.54) is 57.8 Å². The van der Waals surface area contributed by atoms with Crippen LogP contribution >= 0.6 is 0 Å². The summed E-state index contributed by atoms with van der Waals surface area (Å²) in [6.07, 6.45) is 28.3. The van der Waals surface area contributed by atoms with E-state index in [9.17, 15) is 20.1 Å². The molecule has 400 valence electrons. The highest BCUT2D eigenvalue weighted by Gasteiger charge is 2.65. The third kappa shape index (κ3) is 16.5. The van der Waals surface area contributed by atoms with Crippen molar-refractivity contribution in [2.45, 2.75) is 198 Å². The summed E-state index contributed by atoms with van der Waals surface area (Å²) in [6, 6.07) is 4.90. The molecule has 0 radical (unpaired) electrons. The highest BCUT2D eigenvalue weighted by Crippen LogP contribution is 2.62. The van der Waals surface area contributed by atoms with Gasteiger partial charge in [-0.3, -0.25) is 4.79 Å². The van der Waals surface area contributed by atoms with E-state index in [1.807, 2.05) is 17.0 Å². The van der Waals surface area contributed by atoms with E-state index < -0.39 is 30.1 Å². The Morgan fingerprint density at radius 3 is 2.31 bits per heavy atom.